The zero-order valence-corrected chi connectivity index (χ0v) is 11.1. The number of nitrogens with one attached hydrogen (secondary N) is 1. The predicted molar refractivity (Wildman–Crippen MR) is 71.2 cm³/mol. The van der Waals surface area contributed by atoms with Crippen molar-refractivity contribution in [3.63, 3.8) is 0 Å². The lowest BCUT2D eigenvalue weighted by molar-refractivity contribution is -0.132. The van der Waals surface area contributed by atoms with Gasteiger partial charge < -0.3 is 10.2 Å². The van der Waals surface area contributed by atoms with Crippen LogP contribution in [0.5, 0.6) is 0 Å². The van der Waals surface area contributed by atoms with Gasteiger partial charge in [-0.05, 0) is 44.5 Å². The number of hydrogen-bond acceptors (Lipinski definition) is 3. The lowest BCUT2D eigenvalue weighted by atomic mass is 9.89. The number of nitrogens with zero attached hydrogens (tertiary/aromatic N) is 2. The molecule has 0 aromatic carbocycles. The van der Waals surface area contributed by atoms with Crippen molar-refractivity contribution >= 4 is 5.91 Å². The van der Waals surface area contributed by atoms with Gasteiger partial charge in [-0.25, -0.2) is 0 Å². The van der Waals surface area contributed by atoms with Crippen molar-refractivity contribution in [2.45, 2.75) is 31.7 Å². The maximum atomic E-state index is 12.2. The van der Waals surface area contributed by atoms with E-state index in [4.69, 9.17) is 0 Å². The first-order chi connectivity index (χ1) is 8.63. The monoisotopic (exact) mass is 247 g/mol. The van der Waals surface area contributed by atoms with Crippen LogP contribution in [0.15, 0.2) is 24.5 Å². The van der Waals surface area contributed by atoms with E-state index in [9.17, 15) is 4.79 Å². The Hall–Kier alpha value is -1.42. The van der Waals surface area contributed by atoms with Gasteiger partial charge in [0, 0.05) is 31.0 Å². The van der Waals surface area contributed by atoms with Crippen molar-refractivity contribution in [1.29, 1.82) is 0 Å². The van der Waals surface area contributed by atoms with Crippen molar-refractivity contribution < 1.29 is 4.79 Å². The zero-order valence-electron chi connectivity index (χ0n) is 11.1. The second-order valence-electron chi connectivity index (χ2n) is 5.22. The molecule has 1 amide bonds. The fourth-order valence-corrected chi connectivity index (χ4v) is 2.29. The molecule has 1 N–H and O–H groups in total. The molecule has 0 spiro atoms. The van der Waals surface area contributed by atoms with Gasteiger partial charge in [0.05, 0.1) is 6.42 Å². The summed E-state index contributed by atoms with van der Waals surface area (Å²) in [5.74, 6) is 0.222. The summed E-state index contributed by atoms with van der Waals surface area (Å²) < 4.78 is 0. The molecule has 18 heavy (non-hydrogen) atoms. The van der Waals surface area contributed by atoms with Gasteiger partial charge in [0.25, 0.3) is 0 Å². The van der Waals surface area contributed by atoms with E-state index in [1.807, 2.05) is 24.1 Å². The van der Waals surface area contributed by atoms with Crippen LogP contribution in [0.2, 0.25) is 0 Å². The van der Waals surface area contributed by atoms with Crippen molar-refractivity contribution in [2.24, 2.45) is 0 Å². The number of amides is 1. The molecule has 2 rings (SSSR count). The molecule has 4 nitrogen and oxygen atoms in total. The van der Waals surface area contributed by atoms with Crippen molar-refractivity contribution in [3.05, 3.63) is 30.1 Å². The molecule has 0 bridgehead atoms. The molecule has 1 aromatic heterocycles. The molecule has 0 atom stereocenters. The van der Waals surface area contributed by atoms with Crippen LogP contribution < -0.4 is 5.32 Å². The Morgan fingerprint density at radius 3 is 2.56 bits per heavy atom. The second kappa shape index (κ2) is 5.48. The summed E-state index contributed by atoms with van der Waals surface area (Å²) in [7, 11) is 1.99. The number of piperidine rings is 1. The van der Waals surface area contributed by atoms with Crippen molar-refractivity contribution in [1.82, 2.24) is 15.2 Å². The Balaban J connectivity index is 1.88. The fraction of sp³-hybridized carbons (Fsp3) is 0.571. The average Bonchev–Trinajstić information content (AvgIpc) is 2.40. The highest BCUT2D eigenvalue weighted by Crippen LogP contribution is 2.21. The quantitative estimate of drug-likeness (QED) is 0.873. The molecule has 0 radical (unpaired) electrons. The molecule has 1 saturated heterocycles. The summed E-state index contributed by atoms with van der Waals surface area (Å²) in [6.07, 6.45) is 5.99. The zero-order chi connectivity index (χ0) is 13.0. The summed E-state index contributed by atoms with van der Waals surface area (Å²) in [5, 5.41) is 3.34. The van der Waals surface area contributed by atoms with Crippen LogP contribution in [0.1, 0.15) is 25.3 Å². The highest BCUT2D eigenvalue weighted by atomic mass is 16.2. The van der Waals surface area contributed by atoms with Crippen molar-refractivity contribution in [2.75, 3.05) is 20.1 Å². The summed E-state index contributed by atoms with van der Waals surface area (Å²) in [6.45, 7) is 3.92. The third kappa shape index (κ3) is 3.07. The number of hydrogen-bond donors (Lipinski definition) is 1. The van der Waals surface area contributed by atoms with Crippen LogP contribution >= 0.6 is 0 Å². The summed E-state index contributed by atoms with van der Waals surface area (Å²) in [4.78, 5) is 18.1. The molecule has 2 heterocycles. The Labute approximate surface area is 108 Å². The molecule has 1 aliphatic rings. The molecular weight excluding hydrogens is 226 g/mol. The first-order valence-corrected chi connectivity index (χ1v) is 6.48. The minimum absolute atomic E-state index is 0.188. The SMILES string of the molecule is CNC1(C)CCN(C(=O)Cc2ccncc2)CC1. The van der Waals surface area contributed by atoms with E-state index in [0.717, 1.165) is 31.5 Å². The number of pyridine rings is 1. The molecule has 1 fully saturated rings. The highest BCUT2D eigenvalue weighted by Gasteiger charge is 2.30. The number of likely N-dealkylation sites (tertiary alicyclic amines) is 1. The highest BCUT2D eigenvalue weighted by molar-refractivity contribution is 5.78. The van der Waals surface area contributed by atoms with Crippen LogP contribution in [-0.2, 0) is 11.2 Å². The third-order valence-electron chi connectivity index (χ3n) is 3.93. The van der Waals surface area contributed by atoms with Crippen LogP contribution in [0.25, 0.3) is 0 Å². The van der Waals surface area contributed by atoms with E-state index in [1.165, 1.54) is 0 Å². The van der Waals surface area contributed by atoms with E-state index >= 15 is 0 Å². The maximum Gasteiger partial charge on any atom is 0.226 e. The third-order valence-corrected chi connectivity index (χ3v) is 3.93. The first kappa shape index (κ1) is 13.0. The van der Waals surface area contributed by atoms with E-state index in [-0.39, 0.29) is 11.4 Å². The Morgan fingerprint density at radius 1 is 1.39 bits per heavy atom. The molecule has 98 valence electrons. The number of aromatic nitrogens is 1. The lowest BCUT2D eigenvalue weighted by Crippen LogP contribution is -2.51. The number of carbonyl (C=O) groups is 1. The van der Waals surface area contributed by atoms with Gasteiger partial charge in [-0.2, -0.15) is 0 Å². The first-order valence-electron chi connectivity index (χ1n) is 6.48. The van der Waals surface area contributed by atoms with Crippen LogP contribution in [0.3, 0.4) is 0 Å². The Bertz CT molecular complexity index is 397. The normalized spacial score (nSPS) is 18.7. The average molecular weight is 247 g/mol. The molecule has 1 aromatic rings. The van der Waals surface area contributed by atoms with E-state index in [1.54, 1.807) is 12.4 Å². The molecule has 1 aliphatic heterocycles. The number of rotatable bonds is 3. The summed E-state index contributed by atoms with van der Waals surface area (Å²) >= 11 is 0. The molecule has 4 heteroatoms. The lowest BCUT2D eigenvalue weighted by Gasteiger charge is -2.39. The van der Waals surface area contributed by atoms with E-state index < -0.39 is 0 Å². The van der Waals surface area contributed by atoms with Gasteiger partial charge in [0.1, 0.15) is 0 Å². The summed E-state index contributed by atoms with van der Waals surface area (Å²) in [5.41, 5.74) is 1.23. The van der Waals surface area contributed by atoms with Gasteiger partial charge in [-0.15, -0.1) is 0 Å². The molecule has 0 unspecified atom stereocenters. The van der Waals surface area contributed by atoms with Gasteiger partial charge in [-0.3, -0.25) is 9.78 Å². The topological polar surface area (TPSA) is 45.2 Å². The predicted octanol–water partition coefficient (Wildman–Crippen LogP) is 1.22. The van der Waals surface area contributed by atoms with Gasteiger partial charge in [0.15, 0.2) is 0 Å². The maximum absolute atomic E-state index is 12.2. The van der Waals surface area contributed by atoms with Crippen LogP contribution in [-0.4, -0.2) is 41.5 Å². The largest absolute Gasteiger partial charge is 0.342 e. The van der Waals surface area contributed by atoms with Crippen LogP contribution in [0, 0.1) is 0 Å². The molecule has 0 aliphatic carbocycles. The molecular formula is C14H21N3O. The summed E-state index contributed by atoms with van der Waals surface area (Å²) in [6, 6.07) is 3.80. The smallest absolute Gasteiger partial charge is 0.226 e. The number of carbonyl (C=O) groups excluding carboxylic acids is 1. The van der Waals surface area contributed by atoms with Crippen molar-refractivity contribution in [3.8, 4) is 0 Å². The fourth-order valence-electron chi connectivity index (χ4n) is 2.29. The minimum Gasteiger partial charge on any atom is -0.342 e. The van der Waals surface area contributed by atoms with E-state index in [0.29, 0.717) is 6.42 Å². The van der Waals surface area contributed by atoms with Crippen LogP contribution in [0.4, 0.5) is 0 Å². The molecule has 0 saturated carbocycles. The Morgan fingerprint density at radius 2 is 2.00 bits per heavy atom. The van der Waals surface area contributed by atoms with Gasteiger partial charge >= 0.3 is 0 Å². The standard InChI is InChI=1S/C14H21N3O/c1-14(15-2)5-9-17(10-6-14)13(18)11-12-3-7-16-8-4-12/h3-4,7-8,15H,5-6,9-11H2,1-2H3. The van der Waals surface area contributed by atoms with E-state index in [2.05, 4.69) is 17.2 Å². The minimum atomic E-state index is 0.188. The second-order valence-corrected chi connectivity index (χ2v) is 5.22. The Kier molecular flexibility index (Phi) is 3.97. The van der Waals surface area contributed by atoms with Gasteiger partial charge in [0.2, 0.25) is 5.91 Å². The van der Waals surface area contributed by atoms with Gasteiger partial charge in [-0.1, -0.05) is 0 Å².